The number of nitrogens with zero attached hydrogens (tertiary/aromatic N) is 5. The van der Waals surface area contributed by atoms with E-state index in [0.717, 1.165) is 11.5 Å². The van der Waals surface area contributed by atoms with Crippen molar-refractivity contribution in [3.63, 3.8) is 0 Å². The summed E-state index contributed by atoms with van der Waals surface area (Å²) in [7, 11) is 5.30. The minimum absolute atomic E-state index is 0.130. The summed E-state index contributed by atoms with van der Waals surface area (Å²) in [4.78, 5) is 18.4. The molecule has 0 N–H and O–H groups in total. The van der Waals surface area contributed by atoms with Gasteiger partial charge in [0.25, 0.3) is 5.91 Å². The van der Waals surface area contributed by atoms with E-state index >= 15 is 0 Å². The summed E-state index contributed by atoms with van der Waals surface area (Å²) < 4.78 is 18.7. The lowest BCUT2D eigenvalue weighted by molar-refractivity contribution is 0.0746. The van der Waals surface area contributed by atoms with Crippen molar-refractivity contribution in [1.29, 1.82) is 0 Å². The first-order valence-corrected chi connectivity index (χ1v) is 8.37. The molecule has 3 rings (SSSR count). The van der Waals surface area contributed by atoms with Crippen LogP contribution in [-0.4, -0.2) is 68.4 Å². The van der Waals surface area contributed by atoms with Crippen molar-refractivity contribution in [1.82, 2.24) is 15.1 Å². The van der Waals surface area contributed by atoms with Crippen LogP contribution in [0.1, 0.15) is 10.4 Å². The fraction of sp³-hybridized carbons (Fsp3) is 0.389. The number of hydrogen-bond donors (Lipinski definition) is 0. The lowest BCUT2D eigenvalue weighted by Gasteiger charge is -2.35. The third-order valence-corrected chi connectivity index (χ3v) is 4.43. The maximum absolute atomic E-state index is 13.8. The number of carbonyl (C=O) groups excluding carboxylic acids is 1. The Kier molecular flexibility index (Phi) is 5.20. The van der Waals surface area contributed by atoms with Crippen molar-refractivity contribution >= 4 is 17.4 Å². The van der Waals surface area contributed by atoms with Gasteiger partial charge in [-0.15, -0.1) is 5.10 Å². The molecule has 0 saturated carbocycles. The zero-order valence-corrected chi connectivity index (χ0v) is 15.1. The molecule has 0 unspecified atom stereocenters. The number of anilines is 2. The zero-order chi connectivity index (χ0) is 18.7. The first kappa shape index (κ1) is 17.9. The average molecular weight is 359 g/mol. The van der Waals surface area contributed by atoms with Crippen LogP contribution < -0.4 is 14.5 Å². The van der Waals surface area contributed by atoms with E-state index in [1.54, 1.807) is 17.2 Å². The van der Waals surface area contributed by atoms with E-state index < -0.39 is 5.82 Å². The van der Waals surface area contributed by atoms with Crippen molar-refractivity contribution in [3.8, 4) is 5.75 Å². The van der Waals surface area contributed by atoms with Crippen LogP contribution in [0.4, 0.5) is 15.9 Å². The van der Waals surface area contributed by atoms with Crippen LogP contribution in [0.25, 0.3) is 0 Å². The van der Waals surface area contributed by atoms with Gasteiger partial charge in [-0.3, -0.25) is 4.79 Å². The molecule has 2 heterocycles. The SMILES string of the molecule is COc1ccc(C(=O)N2CCN(c3cc(N(C)C)cnn3)CC2)cc1F. The van der Waals surface area contributed by atoms with Gasteiger partial charge in [-0.05, 0) is 18.2 Å². The fourth-order valence-corrected chi connectivity index (χ4v) is 2.87. The number of ether oxygens (including phenoxy) is 1. The van der Waals surface area contributed by atoms with Crippen LogP contribution in [0.15, 0.2) is 30.5 Å². The Morgan fingerprint density at radius 3 is 2.54 bits per heavy atom. The summed E-state index contributed by atoms with van der Waals surface area (Å²) >= 11 is 0. The highest BCUT2D eigenvalue weighted by Crippen LogP contribution is 2.21. The van der Waals surface area contributed by atoms with Crippen LogP contribution in [0.2, 0.25) is 0 Å². The Morgan fingerprint density at radius 1 is 1.19 bits per heavy atom. The zero-order valence-electron chi connectivity index (χ0n) is 15.1. The summed E-state index contributed by atoms with van der Waals surface area (Å²) in [6.45, 7) is 2.38. The molecule has 7 nitrogen and oxygen atoms in total. The predicted molar refractivity (Wildman–Crippen MR) is 97.4 cm³/mol. The van der Waals surface area contributed by atoms with Crippen LogP contribution in [0, 0.1) is 5.82 Å². The van der Waals surface area contributed by atoms with Gasteiger partial charge >= 0.3 is 0 Å². The van der Waals surface area contributed by atoms with Crippen molar-refractivity contribution in [3.05, 3.63) is 41.8 Å². The molecule has 1 fully saturated rings. The molecule has 0 aliphatic carbocycles. The first-order valence-electron chi connectivity index (χ1n) is 8.37. The highest BCUT2D eigenvalue weighted by atomic mass is 19.1. The largest absolute Gasteiger partial charge is 0.494 e. The maximum atomic E-state index is 13.8. The van der Waals surface area contributed by atoms with Crippen molar-refractivity contribution in [2.24, 2.45) is 0 Å². The maximum Gasteiger partial charge on any atom is 0.254 e. The molecule has 1 aromatic heterocycles. The topological polar surface area (TPSA) is 61.8 Å². The summed E-state index contributed by atoms with van der Waals surface area (Å²) in [6, 6.07) is 6.26. The monoisotopic (exact) mass is 359 g/mol. The third kappa shape index (κ3) is 3.68. The van der Waals surface area contributed by atoms with Crippen LogP contribution in [0.5, 0.6) is 5.75 Å². The van der Waals surface area contributed by atoms with Gasteiger partial charge in [0.1, 0.15) is 0 Å². The van der Waals surface area contributed by atoms with Crippen molar-refractivity contribution < 1.29 is 13.9 Å². The molecule has 1 saturated heterocycles. The predicted octanol–water partition coefficient (Wildman–Crippen LogP) is 1.65. The molecule has 0 radical (unpaired) electrons. The van der Waals surface area contributed by atoms with E-state index in [0.29, 0.717) is 31.7 Å². The van der Waals surface area contributed by atoms with Gasteiger partial charge in [-0.25, -0.2) is 4.39 Å². The number of halogens is 1. The average Bonchev–Trinajstić information content (AvgIpc) is 2.67. The molecule has 8 heteroatoms. The number of amides is 1. The van der Waals surface area contributed by atoms with Gasteiger partial charge in [-0.2, -0.15) is 5.10 Å². The summed E-state index contributed by atoms with van der Waals surface area (Å²) in [5.74, 6) is 0.205. The van der Waals surface area contributed by atoms with E-state index in [1.807, 2.05) is 25.1 Å². The molecule has 2 aromatic rings. The Bertz CT molecular complexity index is 791. The molecule has 1 aliphatic rings. The first-order chi connectivity index (χ1) is 12.5. The molecule has 0 bridgehead atoms. The van der Waals surface area contributed by atoms with Crippen LogP contribution >= 0.6 is 0 Å². The molecule has 0 atom stereocenters. The number of benzene rings is 1. The molecule has 0 spiro atoms. The van der Waals surface area contributed by atoms with Gasteiger partial charge < -0.3 is 19.4 Å². The lowest BCUT2D eigenvalue weighted by atomic mass is 10.1. The lowest BCUT2D eigenvalue weighted by Crippen LogP contribution is -2.49. The molecular formula is C18H22FN5O2. The third-order valence-electron chi connectivity index (χ3n) is 4.43. The van der Waals surface area contributed by atoms with E-state index in [4.69, 9.17) is 4.74 Å². The molecule has 138 valence electrons. The number of carbonyl (C=O) groups is 1. The normalized spacial score (nSPS) is 14.3. The minimum Gasteiger partial charge on any atom is -0.494 e. The smallest absolute Gasteiger partial charge is 0.254 e. The summed E-state index contributed by atoms with van der Waals surface area (Å²) in [5, 5.41) is 8.23. The van der Waals surface area contributed by atoms with Gasteiger partial charge in [-0.1, -0.05) is 0 Å². The number of methoxy groups -OCH3 is 1. The number of aromatic nitrogens is 2. The van der Waals surface area contributed by atoms with Gasteiger partial charge in [0.05, 0.1) is 19.0 Å². The van der Waals surface area contributed by atoms with E-state index in [2.05, 4.69) is 15.1 Å². The molecular weight excluding hydrogens is 337 g/mol. The second kappa shape index (κ2) is 7.55. The molecule has 26 heavy (non-hydrogen) atoms. The molecule has 1 amide bonds. The van der Waals surface area contributed by atoms with Crippen LogP contribution in [0.3, 0.4) is 0 Å². The van der Waals surface area contributed by atoms with E-state index in [9.17, 15) is 9.18 Å². The highest BCUT2D eigenvalue weighted by molar-refractivity contribution is 5.94. The summed E-state index contributed by atoms with van der Waals surface area (Å²) in [5.41, 5.74) is 1.30. The van der Waals surface area contributed by atoms with Crippen LogP contribution in [-0.2, 0) is 0 Å². The second-order valence-corrected chi connectivity index (χ2v) is 6.29. The Morgan fingerprint density at radius 2 is 1.92 bits per heavy atom. The fourth-order valence-electron chi connectivity index (χ4n) is 2.87. The molecule has 1 aliphatic heterocycles. The Labute approximate surface area is 152 Å². The van der Waals surface area contributed by atoms with E-state index in [-0.39, 0.29) is 11.7 Å². The van der Waals surface area contributed by atoms with Gasteiger partial charge in [0.15, 0.2) is 17.4 Å². The number of piperazine rings is 1. The number of rotatable bonds is 4. The molecule has 1 aromatic carbocycles. The van der Waals surface area contributed by atoms with Crippen molar-refractivity contribution in [2.75, 3.05) is 57.2 Å². The minimum atomic E-state index is -0.534. The Balaban J connectivity index is 1.65. The number of hydrogen-bond acceptors (Lipinski definition) is 6. The van der Waals surface area contributed by atoms with Gasteiger partial charge in [0.2, 0.25) is 0 Å². The standard InChI is InChI=1S/C18H22FN5O2/c1-22(2)14-11-17(21-20-12-14)23-6-8-24(9-7-23)18(25)13-4-5-16(26-3)15(19)10-13/h4-5,10-12H,6-9H2,1-3H3. The quantitative estimate of drug-likeness (QED) is 0.827. The van der Waals surface area contributed by atoms with E-state index in [1.165, 1.54) is 19.2 Å². The highest BCUT2D eigenvalue weighted by Gasteiger charge is 2.24. The van der Waals surface area contributed by atoms with Gasteiger partial charge in [0, 0.05) is 51.9 Å². The van der Waals surface area contributed by atoms with Crippen molar-refractivity contribution in [2.45, 2.75) is 0 Å². The second-order valence-electron chi connectivity index (χ2n) is 6.29. The summed E-state index contributed by atoms with van der Waals surface area (Å²) in [6.07, 6.45) is 1.71. The Hall–Kier alpha value is -2.90.